The molecule has 2 N–H and O–H groups in total. The van der Waals surface area contributed by atoms with Gasteiger partial charge in [-0.25, -0.2) is 4.39 Å². The molecular formula is C14H23FN2. The molecule has 0 aliphatic carbocycles. The van der Waals surface area contributed by atoms with E-state index in [0.29, 0.717) is 6.04 Å². The number of hydrogen-bond acceptors (Lipinski definition) is 2. The second-order valence-corrected chi connectivity index (χ2v) is 4.67. The average molecular weight is 238 g/mol. The van der Waals surface area contributed by atoms with Crippen molar-refractivity contribution in [1.29, 1.82) is 0 Å². The zero-order valence-corrected chi connectivity index (χ0v) is 11.0. The van der Waals surface area contributed by atoms with Gasteiger partial charge in [-0.1, -0.05) is 19.1 Å². The van der Waals surface area contributed by atoms with Gasteiger partial charge in [0.15, 0.2) is 0 Å². The summed E-state index contributed by atoms with van der Waals surface area (Å²) in [6, 6.07) is 7.01. The number of nitrogens with two attached hydrogens (primary N) is 1. The van der Waals surface area contributed by atoms with Crippen molar-refractivity contribution in [2.75, 3.05) is 13.1 Å². The molecule has 17 heavy (non-hydrogen) atoms. The Kier molecular flexibility index (Phi) is 5.59. The molecule has 0 radical (unpaired) electrons. The van der Waals surface area contributed by atoms with Gasteiger partial charge in [0.1, 0.15) is 5.82 Å². The van der Waals surface area contributed by atoms with Crippen molar-refractivity contribution in [3.8, 4) is 0 Å². The molecule has 1 aromatic rings. The Morgan fingerprint density at radius 1 is 1.24 bits per heavy atom. The maximum absolute atomic E-state index is 12.8. The van der Waals surface area contributed by atoms with Gasteiger partial charge in [-0.2, -0.15) is 0 Å². The fourth-order valence-corrected chi connectivity index (χ4v) is 1.96. The molecule has 1 atom stereocenters. The van der Waals surface area contributed by atoms with E-state index in [4.69, 9.17) is 5.73 Å². The highest BCUT2D eigenvalue weighted by Gasteiger charge is 2.11. The van der Waals surface area contributed by atoms with Crippen molar-refractivity contribution in [2.45, 2.75) is 39.3 Å². The third kappa shape index (κ3) is 4.44. The molecule has 0 aliphatic rings. The van der Waals surface area contributed by atoms with Crippen molar-refractivity contribution in [3.63, 3.8) is 0 Å². The smallest absolute Gasteiger partial charge is 0.123 e. The minimum absolute atomic E-state index is 0.0107. The minimum Gasteiger partial charge on any atom is -0.324 e. The van der Waals surface area contributed by atoms with Gasteiger partial charge in [0.25, 0.3) is 0 Å². The van der Waals surface area contributed by atoms with Gasteiger partial charge in [0.2, 0.25) is 0 Å². The molecule has 0 amide bonds. The van der Waals surface area contributed by atoms with E-state index in [0.717, 1.165) is 25.1 Å². The molecule has 0 aromatic heterocycles. The van der Waals surface area contributed by atoms with Crippen LogP contribution in [0.3, 0.4) is 0 Å². The van der Waals surface area contributed by atoms with Crippen molar-refractivity contribution in [1.82, 2.24) is 4.90 Å². The van der Waals surface area contributed by atoms with E-state index in [2.05, 4.69) is 25.7 Å². The Bertz CT molecular complexity index is 321. The summed E-state index contributed by atoms with van der Waals surface area (Å²) < 4.78 is 12.8. The van der Waals surface area contributed by atoms with Crippen LogP contribution in [0.4, 0.5) is 4.39 Å². The zero-order valence-electron chi connectivity index (χ0n) is 11.0. The molecular weight excluding hydrogens is 215 g/mol. The predicted molar refractivity (Wildman–Crippen MR) is 70.3 cm³/mol. The molecule has 0 saturated carbocycles. The quantitative estimate of drug-likeness (QED) is 0.825. The van der Waals surface area contributed by atoms with E-state index in [9.17, 15) is 4.39 Å². The largest absolute Gasteiger partial charge is 0.324 e. The summed E-state index contributed by atoms with van der Waals surface area (Å²) in [4.78, 5) is 2.38. The third-order valence-corrected chi connectivity index (χ3v) is 3.16. The first kappa shape index (κ1) is 14.1. The van der Waals surface area contributed by atoms with Crippen LogP contribution in [0.1, 0.15) is 38.8 Å². The van der Waals surface area contributed by atoms with Gasteiger partial charge in [0.05, 0.1) is 0 Å². The molecule has 1 aromatic carbocycles. The van der Waals surface area contributed by atoms with Crippen molar-refractivity contribution >= 4 is 0 Å². The highest BCUT2D eigenvalue weighted by Crippen LogP contribution is 2.15. The minimum atomic E-state index is -0.210. The summed E-state index contributed by atoms with van der Waals surface area (Å²) in [5, 5.41) is 0. The van der Waals surface area contributed by atoms with Crippen LogP contribution in [0.15, 0.2) is 24.3 Å². The fraction of sp³-hybridized carbons (Fsp3) is 0.571. The molecule has 1 unspecified atom stereocenters. The Hall–Kier alpha value is -0.930. The van der Waals surface area contributed by atoms with E-state index in [1.54, 1.807) is 12.1 Å². The highest BCUT2D eigenvalue weighted by atomic mass is 19.1. The van der Waals surface area contributed by atoms with Gasteiger partial charge < -0.3 is 10.6 Å². The molecule has 0 saturated heterocycles. The van der Waals surface area contributed by atoms with Crippen LogP contribution < -0.4 is 5.73 Å². The molecule has 0 spiro atoms. The third-order valence-electron chi connectivity index (χ3n) is 3.16. The lowest BCUT2D eigenvalue weighted by Crippen LogP contribution is -2.33. The van der Waals surface area contributed by atoms with Gasteiger partial charge >= 0.3 is 0 Å². The van der Waals surface area contributed by atoms with Gasteiger partial charge in [0, 0.05) is 18.6 Å². The monoisotopic (exact) mass is 238 g/mol. The molecule has 2 nitrogen and oxygen atoms in total. The lowest BCUT2D eigenvalue weighted by atomic mass is 10.0. The molecule has 1 rings (SSSR count). The van der Waals surface area contributed by atoms with Crippen LogP contribution >= 0.6 is 0 Å². The highest BCUT2D eigenvalue weighted by molar-refractivity contribution is 5.19. The predicted octanol–water partition coefficient (Wildman–Crippen LogP) is 2.95. The Balaban J connectivity index is 2.49. The summed E-state index contributed by atoms with van der Waals surface area (Å²) in [6.07, 6.45) is 0.900. The summed E-state index contributed by atoms with van der Waals surface area (Å²) in [5.41, 5.74) is 7.10. The van der Waals surface area contributed by atoms with Crippen molar-refractivity contribution in [2.24, 2.45) is 5.73 Å². The number of hydrogen-bond donors (Lipinski definition) is 1. The molecule has 3 heteroatoms. The summed E-state index contributed by atoms with van der Waals surface area (Å²) in [6.45, 7) is 8.55. The molecule has 0 aliphatic heterocycles. The topological polar surface area (TPSA) is 29.3 Å². The van der Waals surface area contributed by atoms with Crippen LogP contribution in [0.25, 0.3) is 0 Å². The normalized spacial score (nSPS) is 13.4. The lowest BCUT2D eigenvalue weighted by Gasteiger charge is -2.26. The van der Waals surface area contributed by atoms with Crippen LogP contribution in [-0.2, 0) is 0 Å². The summed E-state index contributed by atoms with van der Waals surface area (Å²) >= 11 is 0. The van der Waals surface area contributed by atoms with E-state index in [1.165, 1.54) is 12.1 Å². The van der Waals surface area contributed by atoms with E-state index >= 15 is 0 Å². The number of nitrogens with zero attached hydrogens (tertiary/aromatic N) is 1. The van der Waals surface area contributed by atoms with Crippen molar-refractivity contribution < 1.29 is 4.39 Å². The van der Waals surface area contributed by atoms with Crippen molar-refractivity contribution in [3.05, 3.63) is 35.6 Å². The number of halogens is 1. The number of benzene rings is 1. The maximum Gasteiger partial charge on any atom is 0.123 e. The first-order valence-corrected chi connectivity index (χ1v) is 6.29. The van der Waals surface area contributed by atoms with E-state index in [-0.39, 0.29) is 11.9 Å². The first-order chi connectivity index (χ1) is 8.04. The Morgan fingerprint density at radius 2 is 1.82 bits per heavy atom. The van der Waals surface area contributed by atoms with Crippen LogP contribution in [0.2, 0.25) is 0 Å². The first-order valence-electron chi connectivity index (χ1n) is 6.29. The molecule has 0 fully saturated rings. The molecule has 96 valence electrons. The van der Waals surface area contributed by atoms with E-state index < -0.39 is 0 Å². The van der Waals surface area contributed by atoms with E-state index in [1.807, 2.05) is 0 Å². The van der Waals surface area contributed by atoms with Gasteiger partial charge in [-0.05, 0) is 44.5 Å². The standard InChI is InChI=1S/C14H23FN2/c1-4-17(11(2)3)10-9-14(16)12-5-7-13(15)8-6-12/h5-8,11,14H,4,9-10,16H2,1-3H3. The second-order valence-electron chi connectivity index (χ2n) is 4.67. The number of rotatable bonds is 6. The fourth-order valence-electron chi connectivity index (χ4n) is 1.96. The Labute approximate surface area is 104 Å². The molecule has 0 heterocycles. The summed E-state index contributed by atoms with van der Waals surface area (Å²) in [7, 11) is 0. The lowest BCUT2D eigenvalue weighted by molar-refractivity contribution is 0.225. The summed E-state index contributed by atoms with van der Waals surface area (Å²) in [5.74, 6) is -0.210. The second kappa shape index (κ2) is 6.72. The van der Waals surface area contributed by atoms with Crippen LogP contribution in [-0.4, -0.2) is 24.0 Å². The zero-order chi connectivity index (χ0) is 12.8. The molecule has 0 bridgehead atoms. The Morgan fingerprint density at radius 3 is 2.29 bits per heavy atom. The maximum atomic E-state index is 12.8. The van der Waals surface area contributed by atoms with Gasteiger partial charge in [-0.15, -0.1) is 0 Å². The average Bonchev–Trinajstić information content (AvgIpc) is 2.30. The van der Waals surface area contributed by atoms with Crippen LogP contribution in [0.5, 0.6) is 0 Å². The SMILES string of the molecule is CCN(CCC(N)c1ccc(F)cc1)C(C)C. The van der Waals surface area contributed by atoms with Crippen LogP contribution in [0, 0.1) is 5.82 Å². The van der Waals surface area contributed by atoms with Gasteiger partial charge in [-0.3, -0.25) is 0 Å².